The van der Waals surface area contributed by atoms with Crippen LogP contribution >= 0.6 is 0 Å². The van der Waals surface area contributed by atoms with Gasteiger partial charge in [-0.3, -0.25) is 0 Å². The molecular weight excluding hydrogens is 168 g/mol. The summed E-state index contributed by atoms with van der Waals surface area (Å²) in [6, 6.07) is 6.52. The van der Waals surface area contributed by atoms with Crippen molar-refractivity contribution >= 4 is 11.7 Å². The second-order valence-electron chi connectivity index (χ2n) is 2.40. The molecule has 0 saturated carbocycles. The predicted octanol–water partition coefficient (Wildman–Crippen LogP) is 1.37. The summed E-state index contributed by atoms with van der Waals surface area (Å²) in [6.45, 7) is 2.33. The Bertz CT molecular complexity index is 293. The van der Waals surface area contributed by atoms with E-state index in [0.717, 1.165) is 0 Å². The molecule has 1 rings (SSSR count). The lowest BCUT2D eigenvalue weighted by atomic mass is 10.3. The Morgan fingerprint density at radius 2 is 2.08 bits per heavy atom. The lowest BCUT2D eigenvalue weighted by Crippen LogP contribution is -2.15. The second kappa shape index (κ2) is 4.35. The summed E-state index contributed by atoms with van der Waals surface area (Å²) in [5.74, 6) is 0.203. The first-order valence-electron chi connectivity index (χ1n) is 3.98. The zero-order valence-corrected chi connectivity index (χ0v) is 7.40. The minimum atomic E-state index is 0.133. The molecule has 0 heterocycles. The first kappa shape index (κ1) is 9.38. The van der Waals surface area contributed by atoms with E-state index >= 15 is 0 Å². The van der Waals surface area contributed by atoms with E-state index in [1.54, 1.807) is 12.1 Å². The summed E-state index contributed by atoms with van der Waals surface area (Å²) in [5.41, 5.74) is 6.08. The number of nitrogens with two attached hydrogens (primary N) is 1. The summed E-state index contributed by atoms with van der Waals surface area (Å²) in [7, 11) is 0. The smallest absolute Gasteiger partial charge is 0.287 e. The van der Waals surface area contributed by atoms with Gasteiger partial charge in [0.25, 0.3) is 6.02 Å². The van der Waals surface area contributed by atoms with Crippen LogP contribution in [0.15, 0.2) is 29.3 Å². The molecule has 0 amide bonds. The van der Waals surface area contributed by atoms with Crippen LogP contribution in [0.2, 0.25) is 0 Å². The summed E-state index contributed by atoms with van der Waals surface area (Å²) in [4.78, 5) is 3.95. The predicted molar refractivity (Wildman–Crippen MR) is 51.0 cm³/mol. The van der Waals surface area contributed by atoms with Gasteiger partial charge in [0.15, 0.2) is 0 Å². The van der Waals surface area contributed by atoms with Gasteiger partial charge < -0.3 is 15.6 Å². The van der Waals surface area contributed by atoms with Crippen molar-refractivity contribution in [2.24, 2.45) is 10.7 Å². The quantitative estimate of drug-likeness (QED) is 0.533. The number of phenols is 1. The van der Waals surface area contributed by atoms with Crippen molar-refractivity contribution in [2.75, 3.05) is 6.61 Å². The third-order valence-corrected chi connectivity index (χ3v) is 1.38. The van der Waals surface area contributed by atoms with Gasteiger partial charge in [-0.1, -0.05) is 0 Å². The molecule has 0 radical (unpaired) electrons. The summed E-state index contributed by atoms with van der Waals surface area (Å²) in [6.07, 6.45) is 0. The fourth-order valence-corrected chi connectivity index (χ4v) is 0.835. The van der Waals surface area contributed by atoms with Gasteiger partial charge in [-0.15, -0.1) is 0 Å². The normalized spacial score (nSPS) is 11.3. The van der Waals surface area contributed by atoms with Gasteiger partial charge in [0, 0.05) is 0 Å². The van der Waals surface area contributed by atoms with Crippen LogP contribution in [0, 0.1) is 0 Å². The van der Waals surface area contributed by atoms with Crippen molar-refractivity contribution in [2.45, 2.75) is 6.92 Å². The van der Waals surface area contributed by atoms with E-state index in [4.69, 9.17) is 15.6 Å². The third kappa shape index (κ3) is 3.02. The SMILES string of the molecule is CCOC(N)=Nc1ccc(O)cc1. The number of nitrogens with zero attached hydrogens (tertiary/aromatic N) is 1. The lowest BCUT2D eigenvalue weighted by molar-refractivity contribution is 0.322. The first-order valence-corrected chi connectivity index (χ1v) is 3.98. The van der Waals surface area contributed by atoms with E-state index in [9.17, 15) is 0 Å². The number of hydrogen-bond donors (Lipinski definition) is 2. The van der Waals surface area contributed by atoms with Crippen LogP contribution < -0.4 is 5.73 Å². The maximum absolute atomic E-state index is 8.98. The van der Waals surface area contributed by atoms with Gasteiger partial charge in [-0.05, 0) is 31.2 Å². The molecule has 0 saturated heterocycles. The van der Waals surface area contributed by atoms with Crippen molar-refractivity contribution < 1.29 is 9.84 Å². The number of hydrogen-bond acceptors (Lipinski definition) is 3. The molecule has 0 aliphatic heterocycles. The molecule has 4 heteroatoms. The van der Waals surface area contributed by atoms with E-state index in [1.807, 2.05) is 6.92 Å². The number of aliphatic imine (C=N–C) groups is 1. The number of amidine groups is 1. The standard InChI is InChI=1S/C9H12N2O2/c1-2-13-9(10)11-7-3-5-8(12)6-4-7/h3-6,12H,2H2,1H3,(H2,10,11). The average Bonchev–Trinajstić information content (AvgIpc) is 2.09. The molecule has 0 unspecified atom stereocenters. The Balaban J connectivity index is 2.73. The number of phenolic OH excluding ortho intramolecular Hbond substituents is 1. The highest BCUT2D eigenvalue weighted by atomic mass is 16.5. The second-order valence-corrected chi connectivity index (χ2v) is 2.40. The van der Waals surface area contributed by atoms with Gasteiger partial charge in [-0.25, -0.2) is 0 Å². The molecule has 1 aromatic rings. The molecular formula is C9H12N2O2. The van der Waals surface area contributed by atoms with Gasteiger partial charge in [-0.2, -0.15) is 4.99 Å². The van der Waals surface area contributed by atoms with Gasteiger partial charge >= 0.3 is 0 Å². The van der Waals surface area contributed by atoms with Crippen molar-refractivity contribution in [3.8, 4) is 5.75 Å². The van der Waals surface area contributed by atoms with Crippen molar-refractivity contribution in [3.05, 3.63) is 24.3 Å². The lowest BCUT2D eigenvalue weighted by Gasteiger charge is -2.00. The fraction of sp³-hybridized carbons (Fsp3) is 0.222. The van der Waals surface area contributed by atoms with Crippen molar-refractivity contribution in [3.63, 3.8) is 0 Å². The maximum atomic E-state index is 8.98. The molecule has 0 fully saturated rings. The Labute approximate surface area is 76.7 Å². The number of ether oxygens (including phenoxy) is 1. The Hall–Kier alpha value is -1.71. The molecule has 0 aromatic heterocycles. The molecule has 0 bridgehead atoms. The van der Waals surface area contributed by atoms with Crippen LogP contribution in [-0.2, 0) is 4.74 Å². The fourth-order valence-electron chi connectivity index (χ4n) is 0.835. The van der Waals surface area contributed by atoms with Gasteiger partial charge in [0.1, 0.15) is 5.75 Å². The number of aromatic hydroxyl groups is 1. The molecule has 4 nitrogen and oxygen atoms in total. The molecule has 0 atom stereocenters. The van der Waals surface area contributed by atoms with Crippen LogP contribution in [0.25, 0.3) is 0 Å². The van der Waals surface area contributed by atoms with E-state index in [-0.39, 0.29) is 11.8 Å². The molecule has 13 heavy (non-hydrogen) atoms. The topological polar surface area (TPSA) is 67.8 Å². The Morgan fingerprint density at radius 1 is 1.46 bits per heavy atom. The molecule has 3 N–H and O–H groups in total. The van der Waals surface area contributed by atoms with Crippen molar-refractivity contribution in [1.29, 1.82) is 0 Å². The van der Waals surface area contributed by atoms with Gasteiger partial charge in [0.2, 0.25) is 0 Å². The average molecular weight is 180 g/mol. The highest BCUT2D eigenvalue weighted by molar-refractivity contribution is 5.75. The Morgan fingerprint density at radius 3 is 2.62 bits per heavy atom. The van der Waals surface area contributed by atoms with E-state index in [2.05, 4.69) is 4.99 Å². The summed E-state index contributed by atoms with van der Waals surface area (Å²) in [5, 5.41) is 8.98. The monoisotopic (exact) mass is 180 g/mol. The third-order valence-electron chi connectivity index (χ3n) is 1.38. The number of benzene rings is 1. The van der Waals surface area contributed by atoms with Crippen LogP contribution in [0.3, 0.4) is 0 Å². The van der Waals surface area contributed by atoms with E-state index in [1.165, 1.54) is 12.1 Å². The largest absolute Gasteiger partial charge is 0.508 e. The zero-order valence-electron chi connectivity index (χ0n) is 7.40. The summed E-state index contributed by atoms with van der Waals surface area (Å²) >= 11 is 0. The minimum Gasteiger partial charge on any atom is -0.508 e. The maximum Gasteiger partial charge on any atom is 0.287 e. The molecule has 1 aromatic carbocycles. The Kier molecular flexibility index (Phi) is 3.14. The van der Waals surface area contributed by atoms with Crippen LogP contribution in [0.4, 0.5) is 5.69 Å². The molecule has 70 valence electrons. The van der Waals surface area contributed by atoms with E-state index in [0.29, 0.717) is 12.3 Å². The number of rotatable bonds is 2. The van der Waals surface area contributed by atoms with Crippen molar-refractivity contribution in [1.82, 2.24) is 0 Å². The van der Waals surface area contributed by atoms with Crippen LogP contribution in [-0.4, -0.2) is 17.7 Å². The minimum absolute atomic E-state index is 0.133. The molecule has 0 aliphatic carbocycles. The highest BCUT2D eigenvalue weighted by Crippen LogP contribution is 2.16. The molecule has 0 spiro atoms. The van der Waals surface area contributed by atoms with E-state index < -0.39 is 0 Å². The molecule has 0 aliphatic rings. The summed E-state index contributed by atoms with van der Waals surface area (Å²) < 4.78 is 4.94. The van der Waals surface area contributed by atoms with Gasteiger partial charge in [0.05, 0.1) is 12.3 Å². The zero-order chi connectivity index (χ0) is 9.68. The highest BCUT2D eigenvalue weighted by Gasteiger charge is 1.93. The van der Waals surface area contributed by atoms with Crippen LogP contribution in [0.5, 0.6) is 5.75 Å². The first-order chi connectivity index (χ1) is 6.22. The van der Waals surface area contributed by atoms with Crippen LogP contribution in [0.1, 0.15) is 6.92 Å².